The fraction of sp³-hybridized carbons (Fsp3) is 0.118. The lowest BCUT2D eigenvalue weighted by Gasteiger charge is -2.04. The third-order valence-electron chi connectivity index (χ3n) is 3.40. The van der Waals surface area contributed by atoms with Gasteiger partial charge >= 0.3 is 0 Å². The molecular weight excluding hydrogens is 294 g/mol. The fourth-order valence-corrected chi connectivity index (χ4v) is 2.09. The maximum atomic E-state index is 12.3. The van der Waals surface area contributed by atoms with Crippen molar-refractivity contribution >= 4 is 11.7 Å². The number of anilines is 1. The van der Waals surface area contributed by atoms with Crippen LogP contribution in [-0.2, 0) is 0 Å². The smallest absolute Gasteiger partial charge is 0.256 e. The second-order valence-electron chi connectivity index (χ2n) is 5.01. The molecule has 0 aliphatic rings. The molecule has 116 valence electrons. The minimum absolute atomic E-state index is 0.268. The number of rotatable bonds is 4. The molecule has 1 amide bonds. The third kappa shape index (κ3) is 3.21. The molecule has 6 heteroatoms. The van der Waals surface area contributed by atoms with E-state index in [1.165, 1.54) is 0 Å². The minimum atomic E-state index is -0.268. The molecule has 1 heterocycles. The summed E-state index contributed by atoms with van der Waals surface area (Å²) in [6.45, 7) is 1.96. The van der Waals surface area contributed by atoms with Gasteiger partial charge in [0, 0.05) is 11.1 Å². The van der Waals surface area contributed by atoms with Gasteiger partial charge in [-0.15, -0.1) is 0 Å². The van der Waals surface area contributed by atoms with Crippen molar-refractivity contribution < 1.29 is 14.2 Å². The minimum Gasteiger partial charge on any atom is -0.497 e. The lowest BCUT2D eigenvalue weighted by Crippen LogP contribution is -2.12. The first-order valence-electron chi connectivity index (χ1n) is 7.02. The highest BCUT2D eigenvalue weighted by molar-refractivity contribution is 6.05. The molecule has 0 bridgehead atoms. The predicted molar refractivity (Wildman–Crippen MR) is 85.4 cm³/mol. The zero-order chi connectivity index (χ0) is 16.2. The largest absolute Gasteiger partial charge is 0.497 e. The maximum Gasteiger partial charge on any atom is 0.256 e. The average Bonchev–Trinajstić information content (AvgIpc) is 3.03. The van der Waals surface area contributed by atoms with Crippen LogP contribution in [-0.4, -0.2) is 23.3 Å². The topological polar surface area (TPSA) is 77.2 Å². The molecule has 23 heavy (non-hydrogen) atoms. The summed E-state index contributed by atoms with van der Waals surface area (Å²) in [4.78, 5) is 12.3. The van der Waals surface area contributed by atoms with Gasteiger partial charge in [-0.05, 0) is 53.6 Å². The number of carbonyl (C=O) groups is 1. The van der Waals surface area contributed by atoms with Crippen molar-refractivity contribution in [3.63, 3.8) is 0 Å². The second kappa shape index (κ2) is 6.31. The Morgan fingerprint density at radius 1 is 1.04 bits per heavy atom. The van der Waals surface area contributed by atoms with Gasteiger partial charge in [0.15, 0.2) is 5.69 Å². The van der Waals surface area contributed by atoms with E-state index in [1.54, 1.807) is 31.4 Å². The zero-order valence-corrected chi connectivity index (χ0v) is 12.7. The SMILES string of the molecule is COc1ccc(-c2nonc2NC(=O)c2ccc(C)cc2)cc1. The van der Waals surface area contributed by atoms with Gasteiger partial charge in [0.1, 0.15) is 5.75 Å². The van der Waals surface area contributed by atoms with E-state index in [0.717, 1.165) is 16.9 Å². The Balaban J connectivity index is 1.83. The molecule has 1 aromatic heterocycles. The van der Waals surface area contributed by atoms with Crippen molar-refractivity contribution in [2.45, 2.75) is 6.92 Å². The number of carbonyl (C=O) groups excluding carboxylic acids is 1. The monoisotopic (exact) mass is 309 g/mol. The molecule has 1 N–H and O–H groups in total. The fourth-order valence-electron chi connectivity index (χ4n) is 2.09. The van der Waals surface area contributed by atoms with Crippen molar-refractivity contribution in [2.24, 2.45) is 0 Å². The number of benzene rings is 2. The number of amides is 1. The lowest BCUT2D eigenvalue weighted by molar-refractivity contribution is 0.102. The van der Waals surface area contributed by atoms with E-state index < -0.39 is 0 Å². The number of hydrogen-bond donors (Lipinski definition) is 1. The van der Waals surface area contributed by atoms with Crippen LogP contribution >= 0.6 is 0 Å². The van der Waals surface area contributed by atoms with Gasteiger partial charge in [0.05, 0.1) is 7.11 Å². The molecule has 6 nitrogen and oxygen atoms in total. The van der Waals surface area contributed by atoms with Crippen molar-refractivity contribution in [3.8, 4) is 17.0 Å². The molecule has 3 rings (SSSR count). The molecule has 0 radical (unpaired) electrons. The Labute approximate surface area is 133 Å². The van der Waals surface area contributed by atoms with Gasteiger partial charge in [-0.1, -0.05) is 17.7 Å². The Morgan fingerprint density at radius 3 is 2.39 bits per heavy atom. The van der Waals surface area contributed by atoms with Gasteiger partial charge in [0.2, 0.25) is 5.82 Å². The van der Waals surface area contributed by atoms with E-state index >= 15 is 0 Å². The van der Waals surface area contributed by atoms with E-state index in [9.17, 15) is 4.79 Å². The van der Waals surface area contributed by atoms with E-state index in [-0.39, 0.29) is 11.7 Å². The standard InChI is InChI=1S/C17H15N3O3/c1-11-3-5-13(6-4-11)17(21)18-16-15(19-23-20-16)12-7-9-14(22-2)10-8-12/h3-10H,1-2H3,(H,18,20,21). The summed E-state index contributed by atoms with van der Waals surface area (Å²) in [5.41, 5.74) is 2.86. The number of aryl methyl sites for hydroxylation is 1. The Kier molecular flexibility index (Phi) is 4.05. The van der Waals surface area contributed by atoms with E-state index in [1.807, 2.05) is 31.2 Å². The van der Waals surface area contributed by atoms with Crippen LogP contribution in [0.4, 0.5) is 5.82 Å². The molecule has 0 aliphatic carbocycles. The summed E-state index contributed by atoms with van der Waals surface area (Å²) in [6, 6.07) is 14.5. The van der Waals surface area contributed by atoms with E-state index in [4.69, 9.17) is 9.37 Å². The van der Waals surface area contributed by atoms with Crippen LogP contribution in [0.1, 0.15) is 15.9 Å². The van der Waals surface area contributed by atoms with Crippen LogP contribution in [0.3, 0.4) is 0 Å². The van der Waals surface area contributed by atoms with Crippen LogP contribution in [0.2, 0.25) is 0 Å². The van der Waals surface area contributed by atoms with Crippen LogP contribution in [0.5, 0.6) is 5.75 Å². The molecule has 0 saturated carbocycles. The Morgan fingerprint density at radius 2 is 1.74 bits per heavy atom. The van der Waals surface area contributed by atoms with Gasteiger partial charge in [-0.2, -0.15) is 0 Å². The summed E-state index contributed by atoms with van der Waals surface area (Å²) in [6.07, 6.45) is 0. The molecule has 2 aromatic carbocycles. The first kappa shape index (κ1) is 14.8. The Bertz CT molecular complexity index is 808. The quantitative estimate of drug-likeness (QED) is 0.800. The van der Waals surface area contributed by atoms with Crippen molar-refractivity contribution in [1.29, 1.82) is 0 Å². The number of aromatic nitrogens is 2. The van der Waals surface area contributed by atoms with Crippen molar-refractivity contribution in [2.75, 3.05) is 12.4 Å². The summed E-state index contributed by atoms with van der Waals surface area (Å²) in [5.74, 6) is 0.742. The average molecular weight is 309 g/mol. The molecule has 0 aliphatic heterocycles. The summed E-state index contributed by atoms with van der Waals surface area (Å²) in [5, 5.41) is 10.3. The van der Waals surface area contributed by atoms with E-state index in [0.29, 0.717) is 11.3 Å². The highest BCUT2D eigenvalue weighted by Crippen LogP contribution is 2.26. The van der Waals surface area contributed by atoms with Crippen LogP contribution in [0.25, 0.3) is 11.3 Å². The number of hydrogen-bond acceptors (Lipinski definition) is 5. The van der Waals surface area contributed by atoms with Gasteiger partial charge in [-0.3, -0.25) is 4.79 Å². The third-order valence-corrected chi connectivity index (χ3v) is 3.40. The second-order valence-corrected chi connectivity index (χ2v) is 5.01. The number of ether oxygens (including phenoxy) is 1. The van der Waals surface area contributed by atoms with Crippen LogP contribution < -0.4 is 10.1 Å². The normalized spacial score (nSPS) is 10.3. The molecule has 0 fully saturated rings. The van der Waals surface area contributed by atoms with E-state index in [2.05, 4.69) is 15.6 Å². The molecule has 3 aromatic rings. The number of nitrogens with zero attached hydrogens (tertiary/aromatic N) is 2. The maximum absolute atomic E-state index is 12.3. The van der Waals surface area contributed by atoms with Crippen LogP contribution in [0, 0.1) is 6.92 Å². The zero-order valence-electron chi connectivity index (χ0n) is 12.7. The van der Waals surface area contributed by atoms with Gasteiger partial charge in [0.25, 0.3) is 5.91 Å². The highest BCUT2D eigenvalue weighted by Gasteiger charge is 2.16. The molecule has 0 atom stereocenters. The van der Waals surface area contributed by atoms with Crippen molar-refractivity contribution in [1.82, 2.24) is 10.3 Å². The number of nitrogens with one attached hydrogen (secondary N) is 1. The first-order chi connectivity index (χ1) is 11.2. The summed E-state index contributed by atoms with van der Waals surface area (Å²) < 4.78 is 9.89. The summed E-state index contributed by atoms with van der Waals surface area (Å²) >= 11 is 0. The van der Waals surface area contributed by atoms with Crippen LogP contribution in [0.15, 0.2) is 53.2 Å². The van der Waals surface area contributed by atoms with Crippen molar-refractivity contribution in [3.05, 3.63) is 59.7 Å². The number of methoxy groups -OCH3 is 1. The highest BCUT2D eigenvalue weighted by atomic mass is 16.6. The van der Waals surface area contributed by atoms with Gasteiger partial charge < -0.3 is 10.1 Å². The lowest BCUT2D eigenvalue weighted by atomic mass is 10.1. The molecule has 0 saturated heterocycles. The molecular formula is C17H15N3O3. The summed E-state index contributed by atoms with van der Waals surface area (Å²) in [7, 11) is 1.60. The van der Waals surface area contributed by atoms with Gasteiger partial charge in [-0.25, -0.2) is 4.63 Å². The Hall–Kier alpha value is -3.15. The predicted octanol–water partition coefficient (Wildman–Crippen LogP) is 3.31. The molecule has 0 unspecified atom stereocenters. The first-order valence-corrected chi connectivity index (χ1v) is 7.02. The molecule has 0 spiro atoms.